The van der Waals surface area contributed by atoms with E-state index in [4.69, 9.17) is 0 Å². The van der Waals surface area contributed by atoms with Crippen LogP contribution in [-0.4, -0.2) is 35.0 Å². The molecule has 0 spiro atoms. The van der Waals surface area contributed by atoms with Crippen LogP contribution in [0.15, 0.2) is 34.2 Å². The SMILES string of the molecule is Cn1c(=O)n(Cc2ccc(C(C)(O)C(F)(F)F)cn2)c(=O)c2c1ncn2CC1CC1. The summed E-state index contributed by atoms with van der Waals surface area (Å²) in [4.78, 5) is 33.8. The molecule has 4 rings (SSSR count). The van der Waals surface area contributed by atoms with E-state index in [1.165, 1.54) is 17.7 Å². The Hall–Kier alpha value is -2.95. The lowest BCUT2D eigenvalue weighted by Gasteiger charge is -2.26. The highest BCUT2D eigenvalue weighted by Gasteiger charge is 2.51. The van der Waals surface area contributed by atoms with Crippen LogP contribution in [0, 0.1) is 5.92 Å². The average Bonchev–Trinajstić information content (AvgIpc) is 3.40. The molecule has 0 amide bonds. The molecule has 1 fully saturated rings. The Labute approximate surface area is 168 Å². The molecule has 0 saturated heterocycles. The number of imidazole rings is 1. The van der Waals surface area contributed by atoms with Crippen LogP contribution in [0.4, 0.5) is 13.2 Å². The molecule has 1 aliphatic carbocycles. The van der Waals surface area contributed by atoms with E-state index in [1.54, 1.807) is 10.9 Å². The van der Waals surface area contributed by atoms with Gasteiger partial charge in [0.15, 0.2) is 16.8 Å². The highest BCUT2D eigenvalue weighted by Crippen LogP contribution is 2.38. The van der Waals surface area contributed by atoms with Crippen LogP contribution in [0.5, 0.6) is 0 Å². The van der Waals surface area contributed by atoms with Gasteiger partial charge in [0, 0.05) is 25.4 Å². The van der Waals surface area contributed by atoms with Crippen molar-refractivity contribution in [2.24, 2.45) is 13.0 Å². The van der Waals surface area contributed by atoms with Gasteiger partial charge in [0.2, 0.25) is 0 Å². The minimum absolute atomic E-state index is 0.212. The van der Waals surface area contributed by atoms with Crippen LogP contribution >= 0.6 is 0 Å². The first-order chi connectivity index (χ1) is 14.0. The second-order valence-electron chi connectivity index (χ2n) is 7.85. The van der Waals surface area contributed by atoms with Crippen molar-refractivity contribution in [3.8, 4) is 0 Å². The summed E-state index contributed by atoms with van der Waals surface area (Å²) >= 11 is 0. The molecule has 3 aromatic heterocycles. The lowest BCUT2D eigenvalue weighted by Crippen LogP contribution is -2.40. The van der Waals surface area contributed by atoms with Gasteiger partial charge in [0.05, 0.1) is 18.6 Å². The maximum atomic E-state index is 13.0. The zero-order chi connectivity index (χ0) is 21.8. The monoisotopic (exact) mass is 423 g/mol. The molecule has 1 atom stereocenters. The van der Waals surface area contributed by atoms with E-state index < -0.39 is 28.6 Å². The van der Waals surface area contributed by atoms with Crippen molar-refractivity contribution in [3.05, 3.63) is 56.8 Å². The van der Waals surface area contributed by atoms with E-state index in [0.29, 0.717) is 24.9 Å². The van der Waals surface area contributed by atoms with Gasteiger partial charge in [0.25, 0.3) is 5.56 Å². The molecule has 11 heteroatoms. The Morgan fingerprint density at radius 3 is 2.47 bits per heavy atom. The van der Waals surface area contributed by atoms with Crippen LogP contribution < -0.4 is 11.2 Å². The van der Waals surface area contributed by atoms with Gasteiger partial charge in [-0.2, -0.15) is 13.2 Å². The van der Waals surface area contributed by atoms with Crippen molar-refractivity contribution >= 4 is 11.2 Å². The summed E-state index contributed by atoms with van der Waals surface area (Å²) in [6, 6.07) is 2.34. The first-order valence-corrected chi connectivity index (χ1v) is 9.40. The molecule has 1 N–H and O–H groups in total. The molecular formula is C19H20F3N5O3. The maximum Gasteiger partial charge on any atom is 0.421 e. The van der Waals surface area contributed by atoms with E-state index in [-0.39, 0.29) is 17.9 Å². The van der Waals surface area contributed by atoms with E-state index in [1.807, 2.05) is 0 Å². The third-order valence-corrected chi connectivity index (χ3v) is 5.51. The van der Waals surface area contributed by atoms with E-state index in [0.717, 1.165) is 29.7 Å². The molecule has 1 saturated carbocycles. The number of fused-ring (bicyclic) bond motifs is 1. The van der Waals surface area contributed by atoms with Crippen LogP contribution in [0.2, 0.25) is 0 Å². The fourth-order valence-electron chi connectivity index (χ4n) is 3.31. The topological polar surface area (TPSA) is 94.9 Å². The zero-order valence-electron chi connectivity index (χ0n) is 16.3. The minimum atomic E-state index is -4.87. The average molecular weight is 423 g/mol. The Balaban J connectivity index is 1.72. The van der Waals surface area contributed by atoms with Crippen LogP contribution in [0.1, 0.15) is 31.0 Å². The van der Waals surface area contributed by atoms with E-state index >= 15 is 0 Å². The Morgan fingerprint density at radius 1 is 1.20 bits per heavy atom. The maximum absolute atomic E-state index is 13.0. The highest BCUT2D eigenvalue weighted by atomic mass is 19.4. The van der Waals surface area contributed by atoms with Crippen LogP contribution in [0.25, 0.3) is 11.2 Å². The zero-order valence-corrected chi connectivity index (χ0v) is 16.3. The summed E-state index contributed by atoms with van der Waals surface area (Å²) in [5.41, 5.74) is -3.82. The molecule has 3 heterocycles. The second kappa shape index (κ2) is 6.79. The van der Waals surface area contributed by atoms with Gasteiger partial charge in [-0.15, -0.1) is 0 Å². The standard InChI is InChI=1S/C19H20F3N5O3/c1-18(30,19(20,21)22)12-5-6-13(23-7-12)9-27-16(28)14-15(25(2)17(27)29)24-10-26(14)8-11-3-4-11/h5-7,10-11,30H,3-4,8-9H2,1-2H3. The van der Waals surface area contributed by atoms with Gasteiger partial charge >= 0.3 is 11.9 Å². The summed E-state index contributed by atoms with van der Waals surface area (Å²) in [6.45, 7) is 1.06. The van der Waals surface area contributed by atoms with Crippen molar-refractivity contribution in [2.75, 3.05) is 0 Å². The number of nitrogens with zero attached hydrogens (tertiary/aromatic N) is 5. The Bertz CT molecular complexity index is 1220. The molecule has 0 radical (unpaired) electrons. The molecule has 8 nitrogen and oxygen atoms in total. The van der Waals surface area contributed by atoms with Gasteiger partial charge in [-0.3, -0.25) is 18.9 Å². The molecule has 160 valence electrons. The molecule has 1 unspecified atom stereocenters. The molecule has 0 aromatic carbocycles. The number of aryl methyl sites for hydroxylation is 1. The number of halogens is 3. The second-order valence-corrected chi connectivity index (χ2v) is 7.85. The van der Waals surface area contributed by atoms with Gasteiger partial charge in [0.1, 0.15) is 0 Å². The molecular weight excluding hydrogens is 403 g/mol. The first kappa shape index (κ1) is 20.3. The summed E-state index contributed by atoms with van der Waals surface area (Å²) in [7, 11) is 1.51. The van der Waals surface area contributed by atoms with Crippen molar-refractivity contribution < 1.29 is 18.3 Å². The summed E-state index contributed by atoms with van der Waals surface area (Å²) in [5.74, 6) is 0.489. The number of alkyl halides is 3. The number of pyridine rings is 1. The smallest absolute Gasteiger partial charge is 0.376 e. The van der Waals surface area contributed by atoms with Crippen LogP contribution in [-0.2, 0) is 25.7 Å². The lowest BCUT2D eigenvalue weighted by atomic mass is 9.97. The molecule has 0 aliphatic heterocycles. The molecule has 0 bridgehead atoms. The van der Waals surface area contributed by atoms with Crippen molar-refractivity contribution in [1.29, 1.82) is 0 Å². The summed E-state index contributed by atoms with van der Waals surface area (Å²) < 4.78 is 43.0. The molecule has 1 aliphatic rings. The number of hydrogen-bond acceptors (Lipinski definition) is 5. The third kappa shape index (κ3) is 3.32. The largest absolute Gasteiger partial charge is 0.421 e. The number of aromatic nitrogens is 5. The molecule has 30 heavy (non-hydrogen) atoms. The van der Waals surface area contributed by atoms with E-state index in [9.17, 15) is 27.9 Å². The minimum Gasteiger partial charge on any atom is -0.376 e. The lowest BCUT2D eigenvalue weighted by molar-refractivity contribution is -0.259. The van der Waals surface area contributed by atoms with Gasteiger partial charge in [-0.1, -0.05) is 6.07 Å². The fourth-order valence-corrected chi connectivity index (χ4v) is 3.31. The quantitative estimate of drug-likeness (QED) is 0.672. The summed E-state index contributed by atoms with van der Waals surface area (Å²) in [5, 5.41) is 9.75. The Morgan fingerprint density at radius 2 is 1.90 bits per heavy atom. The van der Waals surface area contributed by atoms with Gasteiger partial charge in [-0.25, -0.2) is 9.78 Å². The van der Waals surface area contributed by atoms with Crippen LogP contribution in [0.3, 0.4) is 0 Å². The predicted molar refractivity (Wildman–Crippen MR) is 101 cm³/mol. The third-order valence-electron chi connectivity index (χ3n) is 5.51. The van der Waals surface area contributed by atoms with Crippen molar-refractivity contribution in [3.63, 3.8) is 0 Å². The van der Waals surface area contributed by atoms with Crippen molar-refractivity contribution in [1.82, 2.24) is 23.7 Å². The van der Waals surface area contributed by atoms with Crippen molar-refractivity contribution in [2.45, 2.75) is 44.6 Å². The van der Waals surface area contributed by atoms with E-state index in [2.05, 4.69) is 9.97 Å². The van der Waals surface area contributed by atoms with Gasteiger partial charge in [-0.05, 0) is 31.7 Å². The molecule has 3 aromatic rings. The first-order valence-electron chi connectivity index (χ1n) is 9.40. The fraction of sp³-hybridized carbons (Fsp3) is 0.474. The highest BCUT2D eigenvalue weighted by molar-refractivity contribution is 5.70. The predicted octanol–water partition coefficient (Wildman–Crippen LogP) is 1.52. The summed E-state index contributed by atoms with van der Waals surface area (Å²) in [6.07, 6.45) is -0.266. The number of rotatable bonds is 5. The number of aliphatic hydroxyl groups is 1. The Kier molecular flexibility index (Phi) is 4.60. The number of hydrogen-bond donors (Lipinski definition) is 1. The normalized spacial score (nSPS) is 16.7. The van der Waals surface area contributed by atoms with Gasteiger partial charge < -0.3 is 9.67 Å².